The fraction of sp³-hybridized carbons (Fsp3) is 0.143. The van der Waals surface area contributed by atoms with Crippen LogP contribution >= 0.6 is 11.3 Å². The minimum absolute atomic E-state index is 0.0858. The molecule has 0 atom stereocenters. The van der Waals surface area contributed by atoms with Crippen LogP contribution in [0.5, 0.6) is 0 Å². The Bertz CT molecular complexity index is 614. The molecule has 0 bridgehead atoms. The number of rotatable bonds is 3. The molecule has 0 aliphatic heterocycles. The van der Waals surface area contributed by atoms with Crippen molar-refractivity contribution < 1.29 is 9.59 Å². The topological polar surface area (TPSA) is 60.2 Å². The highest BCUT2D eigenvalue weighted by Gasteiger charge is 2.21. The number of ketones is 2. The Morgan fingerprint density at radius 2 is 1.78 bits per heavy atom. The van der Waals surface area contributed by atoms with Gasteiger partial charge < -0.3 is 5.73 Å². The van der Waals surface area contributed by atoms with E-state index < -0.39 is 0 Å². The third kappa shape index (κ3) is 2.07. The minimum atomic E-state index is -0.103. The molecule has 2 N–H and O–H groups in total. The second-order valence-corrected chi connectivity index (χ2v) is 5.10. The SMILES string of the molecule is CC(=O)c1c(N)sc(C(=O)c2ccccc2)c1C. The average molecular weight is 259 g/mol. The van der Waals surface area contributed by atoms with Crippen LogP contribution in [0.2, 0.25) is 0 Å². The van der Waals surface area contributed by atoms with Crippen molar-refractivity contribution in [2.45, 2.75) is 13.8 Å². The van der Waals surface area contributed by atoms with Gasteiger partial charge >= 0.3 is 0 Å². The van der Waals surface area contributed by atoms with Crippen molar-refractivity contribution in [3.05, 3.63) is 51.9 Å². The van der Waals surface area contributed by atoms with Crippen LogP contribution in [-0.2, 0) is 0 Å². The smallest absolute Gasteiger partial charge is 0.203 e. The molecule has 0 saturated heterocycles. The number of carbonyl (C=O) groups excluding carboxylic acids is 2. The maximum absolute atomic E-state index is 12.3. The zero-order chi connectivity index (χ0) is 13.3. The predicted octanol–water partition coefficient (Wildman–Crippen LogP) is 3.07. The van der Waals surface area contributed by atoms with Crippen LogP contribution in [-0.4, -0.2) is 11.6 Å². The number of benzene rings is 1. The molecule has 1 aromatic heterocycles. The molecule has 0 radical (unpaired) electrons. The fourth-order valence-corrected chi connectivity index (χ4v) is 3.00. The quantitative estimate of drug-likeness (QED) is 0.862. The molecule has 18 heavy (non-hydrogen) atoms. The molecule has 0 fully saturated rings. The molecular weight excluding hydrogens is 246 g/mol. The van der Waals surface area contributed by atoms with Gasteiger partial charge in [-0.05, 0) is 19.4 Å². The van der Waals surface area contributed by atoms with Gasteiger partial charge in [-0.25, -0.2) is 0 Å². The van der Waals surface area contributed by atoms with Crippen LogP contribution in [0, 0.1) is 6.92 Å². The van der Waals surface area contributed by atoms with E-state index in [9.17, 15) is 9.59 Å². The molecule has 92 valence electrons. The summed E-state index contributed by atoms with van der Waals surface area (Å²) < 4.78 is 0. The molecule has 4 heteroatoms. The van der Waals surface area contributed by atoms with Crippen molar-refractivity contribution >= 4 is 27.9 Å². The molecule has 2 rings (SSSR count). The van der Waals surface area contributed by atoms with Crippen molar-refractivity contribution in [1.29, 1.82) is 0 Å². The summed E-state index contributed by atoms with van der Waals surface area (Å²) in [5.41, 5.74) is 7.56. The third-order valence-electron chi connectivity index (χ3n) is 2.77. The third-order valence-corrected chi connectivity index (χ3v) is 3.89. The monoisotopic (exact) mass is 259 g/mol. The summed E-state index contributed by atoms with van der Waals surface area (Å²) in [6.45, 7) is 3.22. The van der Waals surface area contributed by atoms with Gasteiger partial charge in [0.2, 0.25) is 5.78 Å². The Morgan fingerprint density at radius 3 is 2.28 bits per heavy atom. The summed E-state index contributed by atoms with van der Waals surface area (Å²) in [7, 11) is 0. The van der Waals surface area contributed by atoms with E-state index in [1.54, 1.807) is 19.1 Å². The van der Waals surface area contributed by atoms with Crippen molar-refractivity contribution in [3.8, 4) is 0 Å². The van der Waals surface area contributed by atoms with Gasteiger partial charge in [0.15, 0.2) is 5.78 Å². The van der Waals surface area contributed by atoms with Gasteiger partial charge in [-0.2, -0.15) is 0 Å². The molecule has 2 aromatic rings. The molecule has 0 unspecified atom stereocenters. The summed E-state index contributed by atoms with van der Waals surface area (Å²) >= 11 is 1.18. The maximum Gasteiger partial charge on any atom is 0.203 e. The van der Waals surface area contributed by atoms with Gasteiger partial charge in [-0.15, -0.1) is 11.3 Å². The van der Waals surface area contributed by atoms with Crippen LogP contribution < -0.4 is 5.73 Å². The van der Waals surface area contributed by atoms with E-state index in [1.807, 2.05) is 18.2 Å². The Kier molecular flexibility index (Phi) is 3.30. The van der Waals surface area contributed by atoms with E-state index in [2.05, 4.69) is 0 Å². The summed E-state index contributed by atoms with van der Waals surface area (Å²) in [6, 6.07) is 8.99. The zero-order valence-corrected chi connectivity index (χ0v) is 11.0. The number of Topliss-reactive ketones (excluding diaryl/α,β-unsaturated/α-hetero) is 1. The van der Waals surface area contributed by atoms with E-state index in [0.29, 0.717) is 26.6 Å². The molecule has 1 heterocycles. The highest BCUT2D eigenvalue weighted by Crippen LogP contribution is 2.32. The number of nitrogens with two attached hydrogens (primary N) is 1. The van der Waals surface area contributed by atoms with E-state index >= 15 is 0 Å². The Hall–Kier alpha value is -1.94. The average Bonchev–Trinajstić information content (AvgIpc) is 2.65. The molecular formula is C14H13NO2S. The Morgan fingerprint density at radius 1 is 1.17 bits per heavy atom. The van der Waals surface area contributed by atoms with Gasteiger partial charge in [-0.1, -0.05) is 30.3 Å². The number of thiophene rings is 1. The molecule has 0 aliphatic rings. The second-order valence-electron chi connectivity index (χ2n) is 4.05. The van der Waals surface area contributed by atoms with Crippen LogP contribution in [0.1, 0.15) is 38.1 Å². The van der Waals surface area contributed by atoms with Crippen molar-refractivity contribution in [2.24, 2.45) is 0 Å². The molecule has 0 saturated carbocycles. The molecule has 0 amide bonds. The first-order valence-electron chi connectivity index (χ1n) is 5.52. The van der Waals surface area contributed by atoms with Gasteiger partial charge in [0.25, 0.3) is 0 Å². The van der Waals surface area contributed by atoms with Crippen LogP contribution in [0.15, 0.2) is 30.3 Å². The molecule has 0 spiro atoms. The first-order chi connectivity index (χ1) is 8.52. The lowest BCUT2D eigenvalue weighted by molar-refractivity contribution is 0.101. The predicted molar refractivity (Wildman–Crippen MR) is 73.3 cm³/mol. The van der Waals surface area contributed by atoms with E-state index in [-0.39, 0.29) is 11.6 Å². The first-order valence-corrected chi connectivity index (χ1v) is 6.33. The highest BCUT2D eigenvalue weighted by atomic mass is 32.1. The lowest BCUT2D eigenvalue weighted by Gasteiger charge is -2.00. The van der Waals surface area contributed by atoms with Crippen LogP contribution in [0.4, 0.5) is 5.00 Å². The second kappa shape index (κ2) is 4.74. The lowest BCUT2D eigenvalue weighted by atomic mass is 10.0. The minimum Gasteiger partial charge on any atom is -0.390 e. The largest absolute Gasteiger partial charge is 0.390 e. The lowest BCUT2D eigenvalue weighted by Crippen LogP contribution is -2.02. The summed E-state index contributed by atoms with van der Waals surface area (Å²) in [6.07, 6.45) is 0. The number of anilines is 1. The first kappa shape index (κ1) is 12.5. The fourth-order valence-electron chi connectivity index (χ4n) is 1.91. The van der Waals surface area contributed by atoms with Crippen LogP contribution in [0.3, 0.4) is 0 Å². The molecule has 0 aliphatic carbocycles. The standard InChI is InChI=1S/C14H13NO2S/c1-8-11(9(2)16)14(15)18-13(8)12(17)10-6-4-3-5-7-10/h3-7H,15H2,1-2H3. The summed E-state index contributed by atoms with van der Waals surface area (Å²) in [5.74, 6) is -0.189. The number of hydrogen-bond donors (Lipinski definition) is 1. The number of nitrogen functional groups attached to an aromatic ring is 1. The van der Waals surface area contributed by atoms with E-state index in [1.165, 1.54) is 18.3 Å². The van der Waals surface area contributed by atoms with Crippen LogP contribution in [0.25, 0.3) is 0 Å². The van der Waals surface area contributed by atoms with Crippen molar-refractivity contribution in [2.75, 3.05) is 5.73 Å². The van der Waals surface area contributed by atoms with Gasteiger partial charge in [0.05, 0.1) is 15.4 Å². The molecule has 1 aromatic carbocycles. The summed E-state index contributed by atoms with van der Waals surface area (Å²) in [5, 5.41) is 0.416. The van der Waals surface area contributed by atoms with Gasteiger partial charge in [-0.3, -0.25) is 9.59 Å². The normalized spacial score (nSPS) is 10.3. The van der Waals surface area contributed by atoms with E-state index in [4.69, 9.17) is 5.73 Å². The Balaban J connectivity index is 2.51. The zero-order valence-electron chi connectivity index (χ0n) is 10.2. The van der Waals surface area contributed by atoms with Gasteiger partial charge in [0, 0.05) is 5.56 Å². The molecule has 3 nitrogen and oxygen atoms in total. The number of hydrogen-bond acceptors (Lipinski definition) is 4. The van der Waals surface area contributed by atoms with Crippen molar-refractivity contribution in [3.63, 3.8) is 0 Å². The summed E-state index contributed by atoms with van der Waals surface area (Å²) in [4.78, 5) is 24.3. The Labute approximate surface area is 109 Å². The van der Waals surface area contributed by atoms with Crippen molar-refractivity contribution in [1.82, 2.24) is 0 Å². The van der Waals surface area contributed by atoms with Gasteiger partial charge in [0.1, 0.15) is 0 Å². The maximum atomic E-state index is 12.3. The highest BCUT2D eigenvalue weighted by molar-refractivity contribution is 7.18. The number of carbonyl (C=O) groups is 2. The van der Waals surface area contributed by atoms with E-state index in [0.717, 1.165) is 0 Å².